The molecular weight excluding hydrogens is 270 g/mol. The number of aryl methyl sites for hydroxylation is 2. The topological polar surface area (TPSA) is 46.2 Å². The Morgan fingerprint density at radius 2 is 1.85 bits per heavy atom. The van der Waals surface area contributed by atoms with Crippen molar-refractivity contribution in [3.63, 3.8) is 0 Å². The molecule has 0 saturated carbocycles. The lowest BCUT2D eigenvalue weighted by Gasteiger charge is -2.25. The van der Waals surface area contributed by atoms with E-state index in [1.54, 1.807) is 6.07 Å². The van der Waals surface area contributed by atoms with Gasteiger partial charge in [-0.1, -0.05) is 26.0 Å². The number of sulfone groups is 1. The molecule has 3 nitrogen and oxygen atoms in total. The summed E-state index contributed by atoms with van der Waals surface area (Å²) in [7, 11) is -3.30. The largest absolute Gasteiger partial charge is 0.313 e. The molecule has 114 valence electrons. The second kappa shape index (κ2) is 7.23. The van der Waals surface area contributed by atoms with E-state index in [2.05, 4.69) is 12.2 Å². The van der Waals surface area contributed by atoms with Gasteiger partial charge in [0.2, 0.25) is 0 Å². The summed E-state index contributed by atoms with van der Waals surface area (Å²) in [4.78, 5) is 0.474. The Morgan fingerprint density at radius 1 is 1.20 bits per heavy atom. The summed E-state index contributed by atoms with van der Waals surface area (Å²) in [5, 5.41) is 2.93. The van der Waals surface area contributed by atoms with Crippen LogP contribution < -0.4 is 5.32 Å². The Kier molecular flexibility index (Phi) is 6.21. The lowest BCUT2D eigenvalue weighted by molar-refractivity contribution is 0.471. The highest BCUT2D eigenvalue weighted by Gasteiger charge is 2.30. The minimum atomic E-state index is -3.30. The molecule has 1 N–H and O–H groups in total. The molecule has 0 fully saturated rings. The highest BCUT2D eigenvalue weighted by molar-refractivity contribution is 7.92. The number of benzene rings is 1. The second-order valence-electron chi connectivity index (χ2n) is 5.49. The van der Waals surface area contributed by atoms with E-state index in [9.17, 15) is 8.42 Å². The van der Waals surface area contributed by atoms with Gasteiger partial charge in [-0.2, -0.15) is 0 Å². The number of hydrogen-bond donors (Lipinski definition) is 1. The first-order valence-electron chi connectivity index (χ1n) is 7.39. The van der Waals surface area contributed by atoms with Gasteiger partial charge < -0.3 is 5.32 Å². The Bertz CT molecular complexity index is 537. The van der Waals surface area contributed by atoms with Gasteiger partial charge in [-0.15, -0.1) is 0 Å². The number of hydrogen-bond acceptors (Lipinski definition) is 3. The van der Waals surface area contributed by atoms with Gasteiger partial charge in [0.05, 0.1) is 10.1 Å². The van der Waals surface area contributed by atoms with Crippen LogP contribution >= 0.6 is 0 Å². The quantitative estimate of drug-likeness (QED) is 0.840. The monoisotopic (exact) mass is 297 g/mol. The summed E-state index contributed by atoms with van der Waals surface area (Å²) in [6.07, 6.45) is 1.82. The zero-order chi connectivity index (χ0) is 15.3. The standard InChI is InChI=1S/C16H27NO2S/c1-6-10-17-15(7-2)14(5)20(18,19)16-11-12(3)8-9-13(16)4/h8-9,11,14-15,17H,6-7,10H2,1-5H3. The van der Waals surface area contributed by atoms with Crippen molar-refractivity contribution in [3.8, 4) is 0 Å². The first-order valence-corrected chi connectivity index (χ1v) is 8.93. The molecule has 0 amide bonds. The summed E-state index contributed by atoms with van der Waals surface area (Å²) < 4.78 is 25.7. The average molecular weight is 297 g/mol. The minimum Gasteiger partial charge on any atom is -0.313 e. The van der Waals surface area contributed by atoms with Crippen molar-refractivity contribution in [1.29, 1.82) is 0 Å². The fraction of sp³-hybridized carbons (Fsp3) is 0.625. The molecule has 4 heteroatoms. The van der Waals surface area contributed by atoms with E-state index in [0.29, 0.717) is 4.90 Å². The summed E-state index contributed by atoms with van der Waals surface area (Å²) in [6.45, 7) is 10.6. The molecule has 1 aromatic rings. The van der Waals surface area contributed by atoms with Crippen molar-refractivity contribution in [3.05, 3.63) is 29.3 Å². The number of rotatable bonds is 7. The summed E-state index contributed by atoms with van der Waals surface area (Å²) in [6, 6.07) is 5.62. The Labute approximate surface area is 123 Å². The molecule has 0 aliphatic carbocycles. The molecule has 0 spiro atoms. The van der Waals surface area contributed by atoms with Crippen molar-refractivity contribution in [2.45, 2.75) is 63.6 Å². The van der Waals surface area contributed by atoms with Gasteiger partial charge in [-0.3, -0.25) is 0 Å². The summed E-state index contributed by atoms with van der Waals surface area (Å²) in [5.41, 5.74) is 1.81. The van der Waals surface area contributed by atoms with Gasteiger partial charge in [0.1, 0.15) is 0 Å². The molecule has 0 saturated heterocycles. The van der Waals surface area contributed by atoms with Crippen LogP contribution in [0.15, 0.2) is 23.1 Å². The Morgan fingerprint density at radius 3 is 2.40 bits per heavy atom. The van der Waals surface area contributed by atoms with E-state index in [1.807, 2.05) is 39.8 Å². The van der Waals surface area contributed by atoms with Crippen LogP contribution in [0.1, 0.15) is 44.7 Å². The SMILES string of the molecule is CCCNC(CC)C(C)S(=O)(=O)c1cc(C)ccc1C. The first kappa shape index (κ1) is 17.2. The molecular formula is C16H27NO2S. The van der Waals surface area contributed by atoms with E-state index in [4.69, 9.17) is 0 Å². The first-order chi connectivity index (χ1) is 9.34. The molecule has 2 unspecified atom stereocenters. The van der Waals surface area contributed by atoms with Crippen molar-refractivity contribution in [1.82, 2.24) is 5.32 Å². The van der Waals surface area contributed by atoms with Crippen LogP contribution in [0.25, 0.3) is 0 Å². The predicted molar refractivity (Wildman–Crippen MR) is 84.9 cm³/mol. The van der Waals surface area contributed by atoms with Crippen LogP contribution in [0.4, 0.5) is 0 Å². The molecule has 1 aromatic carbocycles. The maximum absolute atomic E-state index is 12.8. The molecule has 0 bridgehead atoms. The fourth-order valence-electron chi connectivity index (χ4n) is 2.40. The summed E-state index contributed by atoms with van der Waals surface area (Å²) >= 11 is 0. The zero-order valence-corrected chi connectivity index (χ0v) is 14.0. The Hall–Kier alpha value is -0.870. The third kappa shape index (κ3) is 3.83. The van der Waals surface area contributed by atoms with Gasteiger partial charge in [-0.05, 0) is 57.4 Å². The van der Waals surface area contributed by atoms with E-state index >= 15 is 0 Å². The molecule has 0 aliphatic rings. The van der Waals surface area contributed by atoms with E-state index < -0.39 is 15.1 Å². The van der Waals surface area contributed by atoms with Crippen molar-refractivity contribution >= 4 is 9.84 Å². The molecule has 20 heavy (non-hydrogen) atoms. The van der Waals surface area contributed by atoms with Gasteiger partial charge >= 0.3 is 0 Å². The molecule has 0 aromatic heterocycles. The van der Waals surface area contributed by atoms with Crippen LogP contribution in [0, 0.1) is 13.8 Å². The van der Waals surface area contributed by atoms with Crippen molar-refractivity contribution in [2.75, 3.05) is 6.54 Å². The number of nitrogens with one attached hydrogen (secondary N) is 1. The molecule has 0 heterocycles. The lowest BCUT2D eigenvalue weighted by atomic mass is 10.1. The lowest BCUT2D eigenvalue weighted by Crippen LogP contribution is -2.42. The minimum absolute atomic E-state index is 0.000128. The molecule has 0 radical (unpaired) electrons. The van der Waals surface area contributed by atoms with Crippen LogP contribution in [0.5, 0.6) is 0 Å². The van der Waals surface area contributed by atoms with Crippen molar-refractivity contribution < 1.29 is 8.42 Å². The van der Waals surface area contributed by atoms with Gasteiger partial charge in [0.25, 0.3) is 0 Å². The smallest absolute Gasteiger partial charge is 0.182 e. The van der Waals surface area contributed by atoms with Gasteiger partial charge in [-0.25, -0.2) is 8.42 Å². The molecule has 2 atom stereocenters. The third-order valence-electron chi connectivity index (χ3n) is 3.80. The van der Waals surface area contributed by atoms with E-state index in [1.165, 1.54) is 0 Å². The van der Waals surface area contributed by atoms with Crippen LogP contribution in [-0.2, 0) is 9.84 Å². The highest BCUT2D eigenvalue weighted by atomic mass is 32.2. The van der Waals surface area contributed by atoms with E-state index in [-0.39, 0.29) is 6.04 Å². The van der Waals surface area contributed by atoms with Crippen LogP contribution in [0.2, 0.25) is 0 Å². The van der Waals surface area contributed by atoms with Crippen molar-refractivity contribution in [2.24, 2.45) is 0 Å². The van der Waals surface area contributed by atoms with Gasteiger partial charge in [0.15, 0.2) is 9.84 Å². The molecule has 1 rings (SSSR count). The van der Waals surface area contributed by atoms with Crippen LogP contribution in [0.3, 0.4) is 0 Å². The molecule has 0 aliphatic heterocycles. The van der Waals surface area contributed by atoms with E-state index in [0.717, 1.165) is 30.5 Å². The Balaban J connectivity index is 3.11. The third-order valence-corrected chi connectivity index (χ3v) is 6.16. The average Bonchev–Trinajstić information content (AvgIpc) is 2.42. The maximum atomic E-state index is 12.8. The maximum Gasteiger partial charge on any atom is 0.182 e. The highest BCUT2D eigenvalue weighted by Crippen LogP contribution is 2.24. The summed E-state index contributed by atoms with van der Waals surface area (Å²) in [5.74, 6) is 0. The normalized spacial score (nSPS) is 15.1. The predicted octanol–water partition coefficient (Wildman–Crippen LogP) is 3.24. The second-order valence-corrected chi connectivity index (χ2v) is 7.76. The zero-order valence-electron chi connectivity index (χ0n) is 13.2. The van der Waals surface area contributed by atoms with Crippen LogP contribution in [-0.4, -0.2) is 26.3 Å². The fourth-order valence-corrected chi connectivity index (χ4v) is 4.39. The van der Waals surface area contributed by atoms with Gasteiger partial charge in [0, 0.05) is 6.04 Å².